The maximum absolute atomic E-state index is 13.6. The molecule has 3 aliphatic rings. The molecule has 1 N–H and O–H groups in total. The van der Waals surface area contributed by atoms with E-state index in [-0.39, 0.29) is 29.3 Å². The molecule has 0 aromatic heterocycles. The number of benzene rings is 2. The molecule has 3 saturated heterocycles. The molecule has 10 heteroatoms. The molecule has 3 aliphatic heterocycles. The number of carbonyl (C=O) groups excluding carboxylic acids is 3. The van der Waals surface area contributed by atoms with Crippen LogP contribution in [0.2, 0.25) is 0 Å². The van der Waals surface area contributed by atoms with Crippen molar-refractivity contribution < 1.29 is 23.2 Å². The highest BCUT2D eigenvalue weighted by Gasteiger charge is 2.51. The number of rotatable bonds is 3. The lowest BCUT2D eigenvalue weighted by molar-refractivity contribution is -0.140. The van der Waals surface area contributed by atoms with Crippen LogP contribution >= 0.6 is 0 Å². The van der Waals surface area contributed by atoms with Crippen LogP contribution in [-0.2, 0) is 9.59 Å². The average Bonchev–Trinajstić information content (AvgIpc) is 3.21. The summed E-state index contributed by atoms with van der Waals surface area (Å²) in [6, 6.07) is 12.1. The highest BCUT2D eigenvalue weighted by Crippen LogP contribution is 2.32. The number of nitrogens with zero attached hydrogens (tertiary/aromatic N) is 4. The Morgan fingerprint density at radius 3 is 2.29 bits per heavy atom. The first-order chi connectivity index (χ1) is 16.8. The summed E-state index contributed by atoms with van der Waals surface area (Å²) < 4.78 is 26.8. The minimum absolute atomic E-state index is 0.0486. The van der Waals surface area contributed by atoms with E-state index < -0.39 is 23.5 Å². The maximum Gasteiger partial charge on any atom is 0.254 e. The van der Waals surface area contributed by atoms with E-state index in [1.54, 1.807) is 14.8 Å². The van der Waals surface area contributed by atoms with Crippen LogP contribution in [0.4, 0.5) is 14.5 Å². The fourth-order valence-corrected chi connectivity index (χ4v) is 5.23. The topological polar surface area (TPSA) is 76.2 Å². The number of carbonyl (C=O) groups is 3. The molecule has 35 heavy (non-hydrogen) atoms. The summed E-state index contributed by atoms with van der Waals surface area (Å²) in [7, 11) is 1.91. The number of hydrogen-bond acceptors (Lipinski definition) is 5. The molecule has 3 amide bonds. The van der Waals surface area contributed by atoms with E-state index in [0.29, 0.717) is 39.3 Å². The van der Waals surface area contributed by atoms with E-state index in [4.69, 9.17) is 0 Å². The van der Waals surface area contributed by atoms with Crippen molar-refractivity contribution in [2.45, 2.75) is 6.04 Å². The number of piperazine rings is 1. The Bertz CT molecular complexity index is 1140. The smallest absolute Gasteiger partial charge is 0.254 e. The fourth-order valence-electron chi connectivity index (χ4n) is 5.23. The predicted octanol–water partition coefficient (Wildman–Crippen LogP) is 1.35. The van der Waals surface area contributed by atoms with Gasteiger partial charge in [0.25, 0.3) is 5.91 Å². The molecule has 3 fully saturated rings. The second kappa shape index (κ2) is 9.35. The first-order valence-corrected chi connectivity index (χ1v) is 11.7. The first-order valence-electron chi connectivity index (χ1n) is 11.7. The summed E-state index contributed by atoms with van der Waals surface area (Å²) in [6.45, 7) is 2.35. The van der Waals surface area contributed by atoms with Crippen molar-refractivity contribution in [1.82, 2.24) is 20.1 Å². The Morgan fingerprint density at radius 2 is 1.60 bits per heavy atom. The summed E-state index contributed by atoms with van der Waals surface area (Å²) in [6.07, 6.45) is 0. The highest BCUT2D eigenvalue weighted by atomic mass is 19.2. The third-order valence-electron chi connectivity index (χ3n) is 7.08. The second-order valence-corrected chi connectivity index (χ2v) is 9.34. The lowest BCUT2D eigenvalue weighted by Gasteiger charge is -2.41. The first kappa shape index (κ1) is 23.4. The third kappa shape index (κ3) is 4.39. The van der Waals surface area contributed by atoms with Crippen molar-refractivity contribution in [3.63, 3.8) is 0 Å². The van der Waals surface area contributed by atoms with E-state index in [1.165, 1.54) is 6.07 Å². The number of nitrogens with one attached hydrogen (secondary N) is 1. The molecule has 0 bridgehead atoms. The zero-order valence-electron chi connectivity index (χ0n) is 19.4. The molecule has 184 valence electrons. The van der Waals surface area contributed by atoms with Crippen LogP contribution in [0.15, 0.2) is 48.5 Å². The van der Waals surface area contributed by atoms with Gasteiger partial charge in [0.1, 0.15) is 0 Å². The van der Waals surface area contributed by atoms with Crippen molar-refractivity contribution in [3.05, 3.63) is 65.7 Å². The summed E-state index contributed by atoms with van der Waals surface area (Å²) in [5, 5.41) is 1.55. The van der Waals surface area contributed by atoms with Crippen LogP contribution in [0.3, 0.4) is 0 Å². The number of anilines is 1. The fraction of sp³-hybridized carbons (Fsp3) is 0.400. The Balaban J connectivity index is 1.26. The van der Waals surface area contributed by atoms with Gasteiger partial charge in [0.2, 0.25) is 11.8 Å². The molecule has 3 unspecified atom stereocenters. The zero-order chi connectivity index (χ0) is 24.7. The van der Waals surface area contributed by atoms with Crippen LogP contribution in [0.1, 0.15) is 10.4 Å². The Labute approximate surface area is 202 Å². The normalized spacial score (nSPS) is 25.1. The van der Waals surface area contributed by atoms with Crippen molar-refractivity contribution in [1.29, 1.82) is 0 Å². The molecule has 5 rings (SSSR count). The molecular weight excluding hydrogens is 456 g/mol. The van der Waals surface area contributed by atoms with Crippen molar-refractivity contribution in [2.75, 3.05) is 51.3 Å². The zero-order valence-corrected chi connectivity index (χ0v) is 19.4. The van der Waals surface area contributed by atoms with Crippen LogP contribution in [0.25, 0.3) is 0 Å². The van der Waals surface area contributed by atoms with Gasteiger partial charge >= 0.3 is 0 Å². The number of halogens is 2. The number of amides is 3. The minimum Gasteiger partial charge on any atom is -0.339 e. The predicted molar refractivity (Wildman–Crippen MR) is 124 cm³/mol. The molecule has 0 saturated carbocycles. The molecule has 8 nitrogen and oxygen atoms in total. The van der Waals surface area contributed by atoms with Gasteiger partial charge in [-0.3, -0.25) is 14.4 Å². The van der Waals surface area contributed by atoms with E-state index in [1.807, 2.05) is 42.3 Å². The van der Waals surface area contributed by atoms with Gasteiger partial charge in [-0.25, -0.2) is 19.2 Å². The Hall–Kier alpha value is -3.37. The summed E-state index contributed by atoms with van der Waals surface area (Å²) in [4.78, 5) is 44.7. The molecule has 0 spiro atoms. The molecular formula is C25H27F2N5O3. The monoisotopic (exact) mass is 483 g/mol. The van der Waals surface area contributed by atoms with Crippen LogP contribution < -0.4 is 10.4 Å². The van der Waals surface area contributed by atoms with Gasteiger partial charge in [-0.1, -0.05) is 18.2 Å². The van der Waals surface area contributed by atoms with Gasteiger partial charge in [0.15, 0.2) is 11.6 Å². The van der Waals surface area contributed by atoms with Crippen molar-refractivity contribution in [3.8, 4) is 0 Å². The van der Waals surface area contributed by atoms with E-state index in [2.05, 4.69) is 5.43 Å². The Kier molecular flexibility index (Phi) is 6.24. The molecule has 3 atom stereocenters. The third-order valence-corrected chi connectivity index (χ3v) is 7.08. The van der Waals surface area contributed by atoms with Crippen LogP contribution in [0, 0.1) is 23.5 Å². The summed E-state index contributed by atoms with van der Waals surface area (Å²) in [5.41, 5.74) is 4.11. The van der Waals surface area contributed by atoms with Crippen molar-refractivity contribution in [2.24, 2.45) is 11.8 Å². The molecule has 0 radical (unpaired) electrons. The maximum atomic E-state index is 13.6. The molecule has 3 heterocycles. The van der Waals surface area contributed by atoms with Gasteiger partial charge in [0.05, 0.1) is 23.6 Å². The van der Waals surface area contributed by atoms with Gasteiger partial charge in [-0.15, -0.1) is 0 Å². The lowest BCUT2D eigenvalue weighted by Crippen LogP contribution is -2.59. The standard InChI is InChI=1S/C25H27F2N5O3/c1-29-14-18(22-19(15-29)25(35)32(28-22)17-5-3-2-4-6-17)24(34)31-11-9-30(10-12-31)23(33)16-7-8-20(26)21(27)13-16/h2-8,13,18-19,22,28H,9-12,14-15H2,1H3. The second-order valence-electron chi connectivity index (χ2n) is 9.34. The largest absolute Gasteiger partial charge is 0.339 e. The number of likely N-dealkylation sites (tertiary alicyclic amines) is 1. The van der Waals surface area contributed by atoms with Crippen LogP contribution in [0.5, 0.6) is 0 Å². The number of para-hydroxylation sites is 1. The number of hydrogen-bond donors (Lipinski definition) is 1. The SMILES string of the molecule is CN1CC(C(=O)N2CCN(C(=O)c3ccc(F)c(F)c3)CC2)C2NN(c3ccccc3)C(=O)C2C1. The molecule has 0 aliphatic carbocycles. The van der Waals surface area contributed by atoms with Gasteiger partial charge in [-0.2, -0.15) is 0 Å². The number of piperidine rings is 1. The van der Waals surface area contributed by atoms with E-state index in [9.17, 15) is 23.2 Å². The lowest BCUT2D eigenvalue weighted by atomic mass is 9.84. The van der Waals surface area contributed by atoms with Crippen LogP contribution in [-0.4, -0.2) is 84.8 Å². The van der Waals surface area contributed by atoms with E-state index in [0.717, 1.165) is 17.8 Å². The quantitative estimate of drug-likeness (QED) is 0.714. The van der Waals surface area contributed by atoms with Gasteiger partial charge in [0, 0.05) is 44.8 Å². The average molecular weight is 484 g/mol. The molecule has 2 aromatic carbocycles. The van der Waals surface area contributed by atoms with Gasteiger partial charge in [-0.05, 0) is 37.4 Å². The summed E-state index contributed by atoms with van der Waals surface area (Å²) >= 11 is 0. The van der Waals surface area contributed by atoms with Gasteiger partial charge < -0.3 is 14.7 Å². The number of fused-ring (bicyclic) bond motifs is 1. The molecule has 2 aromatic rings. The minimum atomic E-state index is -1.07. The number of hydrazine groups is 1. The van der Waals surface area contributed by atoms with Crippen molar-refractivity contribution >= 4 is 23.4 Å². The Morgan fingerprint density at radius 1 is 0.914 bits per heavy atom. The van der Waals surface area contributed by atoms with E-state index >= 15 is 0 Å². The summed E-state index contributed by atoms with van der Waals surface area (Å²) in [5.74, 6) is -3.31. The highest BCUT2D eigenvalue weighted by molar-refractivity contribution is 5.98.